The van der Waals surface area contributed by atoms with Gasteiger partial charge in [-0.3, -0.25) is 0 Å². The normalized spacial score (nSPS) is 13.5. The summed E-state index contributed by atoms with van der Waals surface area (Å²) in [4.78, 5) is 0. The molecule has 104 valence electrons. The molecule has 0 N–H and O–H groups in total. The zero-order chi connectivity index (χ0) is 13.9. The van der Waals surface area contributed by atoms with Crippen molar-refractivity contribution in [3.63, 3.8) is 0 Å². The Kier molecular flexibility index (Phi) is 4.15. The van der Waals surface area contributed by atoms with Crippen molar-refractivity contribution in [2.24, 2.45) is 0 Å². The second kappa shape index (κ2) is 6.04. The van der Waals surface area contributed by atoms with E-state index in [9.17, 15) is 0 Å². The zero-order valence-corrected chi connectivity index (χ0v) is 12.9. The zero-order valence-electron chi connectivity index (χ0n) is 10.6. The molecule has 1 aliphatic rings. The lowest BCUT2D eigenvalue weighted by Gasteiger charge is -2.21. The van der Waals surface area contributed by atoms with Gasteiger partial charge in [0.25, 0.3) is 0 Å². The Labute approximate surface area is 130 Å². The van der Waals surface area contributed by atoms with Crippen LogP contribution in [0.5, 0.6) is 11.5 Å². The summed E-state index contributed by atoms with van der Waals surface area (Å²) in [7, 11) is 0. The molecule has 3 rings (SSSR count). The molecule has 0 radical (unpaired) electrons. The van der Waals surface area contributed by atoms with E-state index in [-0.39, 0.29) is 6.79 Å². The standard InChI is InChI=1S/C15H12BrClO3/c16-12-2-1-3-14(6-12)19-8-11-5-13(17)4-10-7-18-9-20-15(10)11/h1-6H,7-9H2. The van der Waals surface area contributed by atoms with Crippen molar-refractivity contribution in [2.75, 3.05) is 6.79 Å². The summed E-state index contributed by atoms with van der Waals surface area (Å²) < 4.78 is 17.6. The van der Waals surface area contributed by atoms with Crippen LogP contribution in [0.1, 0.15) is 11.1 Å². The minimum absolute atomic E-state index is 0.262. The predicted molar refractivity (Wildman–Crippen MR) is 80.2 cm³/mol. The Morgan fingerprint density at radius 3 is 3.00 bits per heavy atom. The van der Waals surface area contributed by atoms with E-state index in [1.807, 2.05) is 36.4 Å². The van der Waals surface area contributed by atoms with E-state index >= 15 is 0 Å². The molecule has 0 aromatic heterocycles. The molecule has 20 heavy (non-hydrogen) atoms. The van der Waals surface area contributed by atoms with E-state index in [4.69, 9.17) is 25.8 Å². The van der Waals surface area contributed by atoms with Crippen LogP contribution in [0.4, 0.5) is 0 Å². The average molecular weight is 356 g/mol. The van der Waals surface area contributed by atoms with Gasteiger partial charge in [-0.25, -0.2) is 0 Å². The Hall–Kier alpha value is -1.23. The summed E-state index contributed by atoms with van der Waals surface area (Å²) in [5.41, 5.74) is 1.88. The van der Waals surface area contributed by atoms with Crippen molar-refractivity contribution in [3.8, 4) is 11.5 Å². The topological polar surface area (TPSA) is 27.7 Å². The number of ether oxygens (including phenoxy) is 3. The van der Waals surface area contributed by atoms with E-state index in [0.717, 1.165) is 27.1 Å². The Morgan fingerprint density at radius 2 is 2.15 bits per heavy atom. The molecule has 2 aromatic carbocycles. The molecule has 1 heterocycles. The smallest absolute Gasteiger partial charge is 0.189 e. The molecule has 0 bridgehead atoms. The van der Waals surface area contributed by atoms with Crippen LogP contribution in [0.3, 0.4) is 0 Å². The van der Waals surface area contributed by atoms with E-state index in [0.29, 0.717) is 18.2 Å². The van der Waals surface area contributed by atoms with Crippen molar-refractivity contribution >= 4 is 27.5 Å². The SMILES string of the molecule is Clc1cc2c(c(COc3cccc(Br)c3)c1)OCOC2. The molecular formula is C15H12BrClO3. The quantitative estimate of drug-likeness (QED) is 0.808. The van der Waals surface area contributed by atoms with Gasteiger partial charge in [0.1, 0.15) is 18.1 Å². The van der Waals surface area contributed by atoms with Gasteiger partial charge >= 0.3 is 0 Å². The van der Waals surface area contributed by atoms with Gasteiger partial charge in [-0.1, -0.05) is 33.6 Å². The molecule has 5 heteroatoms. The number of fused-ring (bicyclic) bond motifs is 1. The molecule has 0 fully saturated rings. The van der Waals surface area contributed by atoms with Crippen LogP contribution in [-0.4, -0.2) is 6.79 Å². The third kappa shape index (κ3) is 3.08. The molecule has 0 saturated carbocycles. The molecule has 0 aliphatic carbocycles. The Morgan fingerprint density at radius 1 is 1.25 bits per heavy atom. The maximum absolute atomic E-state index is 6.11. The second-order valence-electron chi connectivity index (χ2n) is 4.41. The maximum atomic E-state index is 6.11. The predicted octanol–water partition coefficient (Wildman–Crippen LogP) is 4.55. The third-order valence-electron chi connectivity index (χ3n) is 2.94. The van der Waals surface area contributed by atoms with Gasteiger partial charge in [0.05, 0.1) is 6.61 Å². The first-order valence-electron chi connectivity index (χ1n) is 6.12. The van der Waals surface area contributed by atoms with Crippen molar-refractivity contribution in [3.05, 3.63) is 57.0 Å². The molecule has 0 unspecified atom stereocenters. The summed E-state index contributed by atoms with van der Waals surface area (Å²) in [5.74, 6) is 1.61. The Bertz CT molecular complexity index is 631. The summed E-state index contributed by atoms with van der Waals surface area (Å²) in [6.45, 7) is 1.18. The average Bonchev–Trinajstić information content (AvgIpc) is 2.44. The molecule has 0 spiro atoms. The number of benzene rings is 2. The number of rotatable bonds is 3. The third-order valence-corrected chi connectivity index (χ3v) is 3.65. The first kappa shape index (κ1) is 13.7. The minimum Gasteiger partial charge on any atom is -0.489 e. The molecule has 0 saturated heterocycles. The van der Waals surface area contributed by atoms with Crippen LogP contribution in [-0.2, 0) is 18.0 Å². The maximum Gasteiger partial charge on any atom is 0.189 e. The van der Waals surface area contributed by atoms with Crippen LogP contribution >= 0.6 is 27.5 Å². The van der Waals surface area contributed by atoms with Crippen LogP contribution in [0, 0.1) is 0 Å². The second-order valence-corrected chi connectivity index (χ2v) is 5.76. The van der Waals surface area contributed by atoms with Crippen molar-refractivity contribution in [1.29, 1.82) is 0 Å². The molecule has 0 amide bonds. The summed E-state index contributed by atoms with van der Waals surface area (Å²) in [6.07, 6.45) is 0. The van der Waals surface area contributed by atoms with Crippen LogP contribution in [0.25, 0.3) is 0 Å². The van der Waals surface area contributed by atoms with Crippen LogP contribution in [0.2, 0.25) is 5.02 Å². The molecule has 2 aromatic rings. The first-order chi connectivity index (χ1) is 9.72. The monoisotopic (exact) mass is 354 g/mol. The highest BCUT2D eigenvalue weighted by atomic mass is 79.9. The van der Waals surface area contributed by atoms with Gasteiger partial charge in [0.15, 0.2) is 6.79 Å². The lowest BCUT2D eigenvalue weighted by atomic mass is 10.1. The van der Waals surface area contributed by atoms with Gasteiger partial charge in [-0.05, 0) is 30.3 Å². The lowest BCUT2D eigenvalue weighted by Crippen LogP contribution is -2.14. The summed E-state index contributed by atoms with van der Waals surface area (Å²) in [5, 5.41) is 0.658. The molecule has 1 aliphatic heterocycles. The summed E-state index contributed by atoms with van der Waals surface area (Å²) in [6, 6.07) is 11.4. The van der Waals surface area contributed by atoms with E-state index in [2.05, 4.69) is 15.9 Å². The fourth-order valence-electron chi connectivity index (χ4n) is 2.08. The first-order valence-corrected chi connectivity index (χ1v) is 7.30. The van der Waals surface area contributed by atoms with E-state index in [1.54, 1.807) is 0 Å². The molecule has 0 atom stereocenters. The highest BCUT2D eigenvalue weighted by Gasteiger charge is 2.16. The number of hydrogen-bond acceptors (Lipinski definition) is 3. The van der Waals surface area contributed by atoms with Crippen molar-refractivity contribution in [1.82, 2.24) is 0 Å². The molecule has 3 nitrogen and oxygen atoms in total. The van der Waals surface area contributed by atoms with Crippen LogP contribution < -0.4 is 9.47 Å². The lowest BCUT2D eigenvalue weighted by molar-refractivity contribution is -0.0175. The fraction of sp³-hybridized carbons (Fsp3) is 0.200. The van der Waals surface area contributed by atoms with Crippen molar-refractivity contribution < 1.29 is 14.2 Å². The van der Waals surface area contributed by atoms with Gasteiger partial charge in [-0.15, -0.1) is 0 Å². The highest BCUT2D eigenvalue weighted by Crippen LogP contribution is 2.32. The van der Waals surface area contributed by atoms with Gasteiger partial charge < -0.3 is 14.2 Å². The largest absolute Gasteiger partial charge is 0.489 e. The van der Waals surface area contributed by atoms with Gasteiger partial charge in [0.2, 0.25) is 0 Å². The fourth-order valence-corrected chi connectivity index (χ4v) is 2.72. The van der Waals surface area contributed by atoms with E-state index < -0.39 is 0 Å². The molecular weight excluding hydrogens is 344 g/mol. The van der Waals surface area contributed by atoms with Gasteiger partial charge in [-0.2, -0.15) is 0 Å². The van der Waals surface area contributed by atoms with E-state index in [1.165, 1.54) is 0 Å². The van der Waals surface area contributed by atoms with Gasteiger partial charge in [0, 0.05) is 20.6 Å². The van der Waals surface area contributed by atoms with Crippen LogP contribution in [0.15, 0.2) is 40.9 Å². The number of halogens is 2. The number of hydrogen-bond donors (Lipinski definition) is 0. The summed E-state index contributed by atoms with van der Waals surface area (Å²) >= 11 is 9.53. The van der Waals surface area contributed by atoms with Crippen molar-refractivity contribution in [2.45, 2.75) is 13.2 Å². The minimum atomic E-state index is 0.262. The Balaban J connectivity index is 1.82. The highest BCUT2D eigenvalue weighted by molar-refractivity contribution is 9.10.